The Morgan fingerprint density at radius 1 is 1.20 bits per heavy atom. The van der Waals surface area contributed by atoms with E-state index in [9.17, 15) is 4.79 Å². The summed E-state index contributed by atoms with van der Waals surface area (Å²) < 4.78 is 10.7. The number of amides is 1. The van der Waals surface area contributed by atoms with E-state index < -0.39 is 0 Å². The van der Waals surface area contributed by atoms with Gasteiger partial charge < -0.3 is 14.6 Å². The maximum absolute atomic E-state index is 12.7. The number of carbonyl (C=O) groups excluding carboxylic acids is 1. The zero-order valence-corrected chi connectivity index (χ0v) is 14.7. The Hall–Kier alpha value is -2.37. The molecule has 2 aromatic rings. The average Bonchev–Trinajstić information content (AvgIpc) is 3.01. The van der Waals surface area contributed by atoms with Gasteiger partial charge >= 0.3 is 0 Å². The van der Waals surface area contributed by atoms with Crippen molar-refractivity contribution in [2.75, 3.05) is 0 Å². The predicted octanol–water partition coefficient (Wildman–Crippen LogP) is 3.80. The molecular formula is C19H25N3O3. The molecule has 1 heterocycles. The van der Waals surface area contributed by atoms with Crippen LogP contribution in [0.15, 0.2) is 28.8 Å². The zero-order valence-electron chi connectivity index (χ0n) is 14.7. The SMILES string of the molecule is Cc1nc(COc2ccccc2C(=O)NC2CCCCCCC2)no1. The second-order valence-corrected chi connectivity index (χ2v) is 6.53. The number of hydrogen-bond acceptors (Lipinski definition) is 5. The van der Waals surface area contributed by atoms with Gasteiger partial charge in [0.15, 0.2) is 6.61 Å². The van der Waals surface area contributed by atoms with Crippen molar-refractivity contribution in [1.82, 2.24) is 15.5 Å². The smallest absolute Gasteiger partial charge is 0.255 e. The lowest BCUT2D eigenvalue weighted by Crippen LogP contribution is -2.35. The predicted molar refractivity (Wildman–Crippen MR) is 93.4 cm³/mol. The van der Waals surface area contributed by atoms with Crippen LogP contribution in [-0.2, 0) is 6.61 Å². The van der Waals surface area contributed by atoms with Gasteiger partial charge in [0.1, 0.15) is 5.75 Å². The van der Waals surface area contributed by atoms with Crippen LogP contribution in [0.25, 0.3) is 0 Å². The molecule has 0 unspecified atom stereocenters. The molecule has 0 atom stereocenters. The summed E-state index contributed by atoms with van der Waals surface area (Å²) in [4.78, 5) is 16.8. The second-order valence-electron chi connectivity index (χ2n) is 6.53. The number of aromatic nitrogens is 2. The molecule has 134 valence electrons. The highest BCUT2D eigenvalue weighted by Crippen LogP contribution is 2.21. The Morgan fingerprint density at radius 3 is 2.64 bits per heavy atom. The number of rotatable bonds is 5. The van der Waals surface area contributed by atoms with E-state index in [2.05, 4.69) is 15.5 Å². The lowest BCUT2D eigenvalue weighted by molar-refractivity contribution is 0.0925. The van der Waals surface area contributed by atoms with E-state index in [0.29, 0.717) is 23.0 Å². The van der Waals surface area contributed by atoms with Crippen LogP contribution >= 0.6 is 0 Å². The number of para-hydroxylation sites is 1. The van der Waals surface area contributed by atoms with Crippen LogP contribution in [0.5, 0.6) is 5.75 Å². The summed E-state index contributed by atoms with van der Waals surface area (Å²) in [6.45, 7) is 1.90. The Bertz CT molecular complexity index is 691. The van der Waals surface area contributed by atoms with E-state index in [-0.39, 0.29) is 18.6 Å². The maximum Gasteiger partial charge on any atom is 0.255 e. The van der Waals surface area contributed by atoms with Crippen LogP contribution in [0, 0.1) is 6.92 Å². The minimum Gasteiger partial charge on any atom is -0.485 e. The third-order valence-corrected chi connectivity index (χ3v) is 4.50. The van der Waals surface area contributed by atoms with Crippen molar-refractivity contribution in [2.24, 2.45) is 0 Å². The number of carbonyl (C=O) groups is 1. The molecule has 6 heteroatoms. The van der Waals surface area contributed by atoms with E-state index in [1.165, 1.54) is 32.1 Å². The molecule has 25 heavy (non-hydrogen) atoms. The molecule has 6 nitrogen and oxygen atoms in total. The third kappa shape index (κ3) is 5.05. The number of benzene rings is 1. The van der Waals surface area contributed by atoms with Crippen LogP contribution in [0.2, 0.25) is 0 Å². The van der Waals surface area contributed by atoms with Gasteiger partial charge in [-0.25, -0.2) is 0 Å². The van der Waals surface area contributed by atoms with Gasteiger partial charge in [0.2, 0.25) is 11.7 Å². The first kappa shape index (κ1) is 17.5. The highest BCUT2D eigenvalue weighted by atomic mass is 16.5. The summed E-state index contributed by atoms with van der Waals surface area (Å²) in [7, 11) is 0. The molecule has 1 aromatic carbocycles. The van der Waals surface area contributed by atoms with E-state index in [1.54, 1.807) is 19.1 Å². The number of nitrogens with zero attached hydrogens (tertiary/aromatic N) is 2. The second kappa shape index (κ2) is 8.65. The minimum absolute atomic E-state index is 0.0783. The minimum atomic E-state index is -0.0783. The van der Waals surface area contributed by atoms with Gasteiger partial charge in [-0.1, -0.05) is 49.4 Å². The molecule has 1 aliphatic carbocycles. The molecule has 1 N–H and O–H groups in total. The first-order valence-electron chi connectivity index (χ1n) is 9.04. The van der Waals surface area contributed by atoms with Crippen molar-refractivity contribution in [3.8, 4) is 5.75 Å². The highest BCUT2D eigenvalue weighted by Gasteiger charge is 2.18. The van der Waals surface area contributed by atoms with E-state index in [1.807, 2.05) is 12.1 Å². The van der Waals surface area contributed by atoms with Gasteiger partial charge in [-0.3, -0.25) is 4.79 Å². The first-order valence-corrected chi connectivity index (χ1v) is 9.04. The van der Waals surface area contributed by atoms with E-state index in [0.717, 1.165) is 12.8 Å². The van der Waals surface area contributed by atoms with Crippen LogP contribution in [0.3, 0.4) is 0 Å². The molecule has 0 saturated heterocycles. The topological polar surface area (TPSA) is 77.2 Å². The monoisotopic (exact) mass is 343 g/mol. The normalized spacial score (nSPS) is 16.0. The quantitative estimate of drug-likeness (QED) is 0.893. The Labute approximate surface area is 148 Å². The van der Waals surface area contributed by atoms with Gasteiger partial charge in [0, 0.05) is 13.0 Å². The van der Waals surface area contributed by atoms with Gasteiger partial charge in [-0.15, -0.1) is 0 Å². The fourth-order valence-electron chi connectivity index (χ4n) is 3.19. The summed E-state index contributed by atoms with van der Waals surface area (Å²) in [6, 6.07) is 7.53. The Balaban J connectivity index is 1.63. The first-order chi connectivity index (χ1) is 12.2. The van der Waals surface area contributed by atoms with Crippen LogP contribution in [0.1, 0.15) is 67.0 Å². The number of ether oxygens (including phenoxy) is 1. The molecule has 1 saturated carbocycles. The summed E-state index contributed by atoms with van der Waals surface area (Å²) in [6.07, 6.45) is 8.30. The van der Waals surface area contributed by atoms with Crippen molar-refractivity contribution in [3.63, 3.8) is 0 Å². The van der Waals surface area contributed by atoms with Gasteiger partial charge in [0.05, 0.1) is 5.56 Å². The summed E-state index contributed by atoms with van der Waals surface area (Å²) >= 11 is 0. The zero-order chi connectivity index (χ0) is 17.5. The number of aryl methyl sites for hydroxylation is 1. The molecule has 3 rings (SSSR count). The molecule has 0 bridgehead atoms. The number of hydrogen-bond donors (Lipinski definition) is 1. The number of nitrogens with one attached hydrogen (secondary N) is 1. The Morgan fingerprint density at radius 2 is 1.92 bits per heavy atom. The molecule has 0 spiro atoms. The van der Waals surface area contributed by atoms with Crippen molar-refractivity contribution in [1.29, 1.82) is 0 Å². The Kier molecular flexibility index (Phi) is 6.04. The van der Waals surface area contributed by atoms with Crippen LogP contribution < -0.4 is 10.1 Å². The van der Waals surface area contributed by atoms with Crippen LogP contribution in [-0.4, -0.2) is 22.1 Å². The van der Waals surface area contributed by atoms with E-state index >= 15 is 0 Å². The lowest BCUT2D eigenvalue weighted by Gasteiger charge is -2.21. The van der Waals surface area contributed by atoms with Crippen molar-refractivity contribution < 1.29 is 14.1 Å². The molecule has 1 aromatic heterocycles. The molecular weight excluding hydrogens is 318 g/mol. The van der Waals surface area contributed by atoms with Gasteiger partial charge in [0.25, 0.3) is 5.91 Å². The van der Waals surface area contributed by atoms with E-state index in [4.69, 9.17) is 9.26 Å². The maximum atomic E-state index is 12.7. The lowest BCUT2D eigenvalue weighted by atomic mass is 9.96. The van der Waals surface area contributed by atoms with Gasteiger partial charge in [-0.2, -0.15) is 4.98 Å². The third-order valence-electron chi connectivity index (χ3n) is 4.50. The van der Waals surface area contributed by atoms with Crippen molar-refractivity contribution in [2.45, 2.75) is 64.5 Å². The highest BCUT2D eigenvalue weighted by molar-refractivity contribution is 5.97. The van der Waals surface area contributed by atoms with Crippen molar-refractivity contribution in [3.05, 3.63) is 41.5 Å². The summed E-state index contributed by atoms with van der Waals surface area (Å²) in [5.41, 5.74) is 0.546. The molecule has 1 amide bonds. The van der Waals surface area contributed by atoms with Crippen molar-refractivity contribution >= 4 is 5.91 Å². The fourth-order valence-corrected chi connectivity index (χ4v) is 3.19. The summed E-state index contributed by atoms with van der Waals surface area (Å²) in [5, 5.41) is 6.98. The molecule has 1 aliphatic rings. The standard InChI is InChI=1S/C19H25N3O3/c1-14-20-18(22-25-14)13-24-17-12-8-7-11-16(17)19(23)21-15-9-5-3-2-4-6-10-15/h7-8,11-12,15H,2-6,9-10,13H2,1H3,(H,21,23). The molecule has 1 fully saturated rings. The largest absolute Gasteiger partial charge is 0.485 e. The summed E-state index contributed by atoms with van der Waals surface area (Å²) in [5.74, 6) is 1.42. The van der Waals surface area contributed by atoms with Gasteiger partial charge in [-0.05, 0) is 25.0 Å². The fraction of sp³-hybridized carbons (Fsp3) is 0.526. The molecule has 0 radical (unpaired) electrons. The average molecular weight is 343 g/mol. The molecule has 0 aliphatic heterocycles. The van der Waals surface area contributed by atoms with Crippen LogP contribution in [0.4, 0.5) is 0 Å².